The molecular formula is C17H29N5O. The van der Waals surface area contributed by atoms with Gasteiger partial charge in [0.15, 0.2) is 0 Å². The van der Waals surface area contributed by atoms with Gasteiger partial charge in [0.05, 0.1) is 0 Å². The number of aryl methyl sites for hydroxylation is 1. The second-order valence-corrected chi connectivity index (χ2v) is 6.51. The summed E-state index contributed by atoms with van der Waals surface area (Å²) in [4.78, 5) is 25.7. The van der Waals surface area contributed by atoms with Crippen molar-refractivity contribution in [3.63, 3.8) is 0 Å². The van der Waals surface area contributed by atoms with E-state index in [1.54, 1.807) is 6.07 Å². The molecule has 1 aromatic rings. The van der Waals surface area contributed by atoms with Gasteiger partial charge >= 0.3 is 0 Å². The highest BCUT2D eigenvalue weighted by Gasteiger charge is 2.16. The molecule has 0 aliphatic carbocycles. The highest BCUT2D eigenvalue weighted by Crippen LogP contribution is 2.16. The molecule has 0 aromatic carbocycles. The van der Waals surface area contributed by atoms with Gasteiger partial charge in [-0.05, 0) is 52.9 Å². The topological polar surface area (TPSA) is 61.4 Å². The van der Waals surface area contributed by atoms with E-state index in [9.17, 15) is 4.79 Å². The molecule has 23 heavy (non-hydrogen) atoms. The van der Waals surface area contributed by atoms with Crippen LogP contribution in [0.4, 0.5) is 5.95 Å². The van der Waals surface area contributed by atoms with Crippen molar-refractivity contribution in [1.82, 2.24) is 20.2 Å². The fourth-order valence-corrected chi connectivity index (χ4v) is 2.77. The zero-order valence-electron chi connectivity index (χ0n) is 14.6. The fourth-order valence-electron chi connectivity index (χ4n) is 2.77. The Hall–Kier alpha value is -1.69. The summed E-state index contributed by atoms with van der Waals surface area (Å²) in [6.45, 7) is 5.51. The molecule has 0 spiro atoms. The lowest BCUT2D eigenvalue weighted by atomic mass is 10.2. The van der Waals surface area contributed by atoms with Gasteiger partial charge in [-0.2, -0.15) is 0 Å². The molecule has 0 bridgehead atoms. The number of rotatable bonds is 6. The number of amides is 1. The van der Waals surface area contributed by atoms with Gasteiger partial charge < -0.3 is 15.1 Å². The van der Waals surface area contributed by atoms with Gasteiger partial charge in [-0.3, -0.25) is 4.79 Å². The van der Waals surface area contributed by atoms with E-state index in [1.807, 2.05) is 21.0 Å². The van der Waals surface area contributed by atoms with E-state index >= 15 is 0 Å². The zero-order chi connectivity index (χ0) is 16.7. The third-order valence-corrected chi connectivity index (χ3v) is 4.03. The predicted octanol–water partition coefficient (Wildman–Crippen LogP) is 1.85. The Bertz CT molecular complexity index is 510. The normalized spacial score (nSPS) is 15.6. The van der Waals surface area contributed by atoms with E-state index in [0.29, 0.717) is 18.2 Å². The fraction of sp³-hybridized carbons (Fsp3) is 0.706. The SMILES string of the molecule is Cc1cc(C(=O)NCCCN(C)C)nc(N2CCCCCC2)n1. The van der Waals surface area contributed by atoms with Crippen molar-refractivity contribution in [3.8, 4) is 0 Å². The number of hydrogen-bond donors (Lipinski definition) is 1. The number of carbonyl (C=O) groups is 1. The molecule has 1 saturated heterocycles. The molecule has 1 amide bonds. The van der Waals surface area contributed by atoms with Crippen molar-refractivity contribution in [2.75, 3.05) is 45.2 Å². The molecule has 0 saturated carbocycles. The Morgan fingerprint density at radius 1 is 1.22 bits per heavy atom. The highest BCUT2D eigenvalue weighted by atomic mass is 16.1. The van der Waals surface area contributed by atoms with E-state index in [4.69, 9.17) is 0 Å². The molecule has 1 N–H and O–H groups in total. The van der Waals surface area contributed by atoms with Crippen LogP contribution in [-0.4, -0.2) is 61.0 Å². The van der Waals surface area contributed by atoms with Crippen LogP contribution in [0.2, 0.25) is 0 Å². The minimum atomic E-state index is -0.106. The number of nitrogens with one attached hydrogen (secondary N) is 1. The number of nitrogens with zero attached hydrogens (tertiary/aromatic N) is 4. The smallest absolute Gasteiger partial charge is 0.270 e. The summed E-state index contributed by atoms with van der Waals surface area (Å²) in [7, 11) is 4.06. The van der Waals surface area contributed by atoms with Crippen molar-refractivity contribution in [3.05, 3.63) is 17.5 Å². The van der Waals surface area contributed by atoms with Crippen LogP contribution in [0.25, 0.3) is 0 Å². The highest BCUT2D eigenvalue weighted by molar-refractivity contribution is 5.92. The first kappa shape index (κ1) is 17.7. The summed E-state index contributed by atoms with van der Waals surface area (Å²) in [6.07, 6.45) is 5.80. The molecule has 0 radical (unpaired) electrons. The maximum Gasteiger partial charge on any atom is 0.270 e. The molecule has 0 atom stereocenters. The van der Waals surface area contributed by atoms with Gasteiger partial charge in [0.2, 0.25) is 5.95 Å². The van der Waals surface area contributed by atoms with Gasteiger partial charge in [0, 0.05) is 25.3 Å². The van der Waals surface area contributed by atoms with Gasteiger partial charge in [0.25, 0.3) is 5.91 Å². The van der Waals surface area contributed by atoms with E-state index in [1.165, 1.54) is 25.7 Å². The van der Waals surface area contributed by atoms with E-state index in [0.717, 1.165) is 31.7 Å². The van der Waals surface area contributed by atoms with Gasteiger partial charge in [0.1, 0.15) is 5.69 Å². The van der Waals surface area contributed by atoms with E-state index in [2.05, 4.69) is 25.1 Å². The second kappa shape index (κ2) is 8.82. The molecule has 1 aliphatic rings. The maximum atomic E-state index is 12.3. The zero-order valence-corrected chi connectivity index (χ0v) is 14.6. The van der Waals surface area contributed by atoms with Crippen LogP contribution in [0, 0.1) is 6.92 Å². The Balaban J connectivity index is 1.99. The van der Waals surface area contributed by atoms with E-state index in [-0.39, 0.29) is 5.91 Å². The molecule has 1 aliphatic heterocycles. The quantitative estimate of drug-likeness (QED) is 0.811. The molecule has 2 heterocycles. The molecule has 6 nitrogen and oxygen atoms in total. The van der Waals surface area contributed by atoms with Crippen molar-refractivity contribution < 1.29 is 4.79 Å². The summed E-state index contributed by atoms with van der Waals surface area (Å²) >= 11 is 0. The maximum absolute atomic E-state index is 12.3. The van der Waals surface area contributed by atoms with Crippen molar-refractivity contribution in [2.24, 2.45) is 0 Å². The Morgan fingerprint density at radius 2 is 1.91 bits per heavy atom. The number of carbonyl (C=O) groups excluding carboxylic acids is 1. The van der Waals surface area contributed by atoms with E-state index < -0.39 is 0 Å². The lowest BCUT2D eigenvalue weighted by Crippen LogP contribution is -2.30. The first-order chi connectivity index (χ1) is 11.1. The predicted molar refractivity (Wildman–Crippen MR) is 93.0 cm³/mol. The van der Waals surface area contributed by atoms with Crippen LogP contribution in [-0.2, 0) is 0 Å². The Morgan fingerprint density at radius 3 is 2.57 bits per heavy atom. The molecular weight excluding hydrogens is 290 g/mol. The summed E-state index contributed by atoms with van der Waals surface area (Å²) in [6, 6.07) is 1.77. The van der Waals surface area contributed by atoms with Gasteiger partial charge in [-0.1, -0.05) is 12.8 Å². The minimum Gasteiger partial charge on any atom is -0.351 e. The lowest BCUT2D eigenvalue weighted by Gasteiger charge is -2.21. The summed E-state index contributed by atoms with van der Waals surface area (Å²) in [5, 5.41) is 2.95. The lowest BCUT2D eigenvalue weighted by molar-refractivity contribution is 0.0947. The summed E-state index contributed by atoms with van der Waals surface area (Å²) in [5.41, 5.74) is 1.32. The number of anilines is 1. The molecule has 6 heteroatoms. The Labute approximate surface area is 139 Å². The first-order valence-corrected chi connectivity index (χ1v) is 8.60. The number of hydrogen-bond acceptors (Lipinski definition) is 5. The van der Waals surface area contributed by atoms with Crippen LogP contribution in [0.5, 0.6) is 0 Å². The van der Waals surface area contributed by atoms with Crippen LogP contribution in [0.15, 0.2) is 6.07 Å². The minimum absolute atomic E-state index is 0.106. The Kier molecular flexibility index (Phi) is 6.77. The number of aromatic nitrogens is 2. The average molecular weight is 319 g/mol. The monoisotopic (exact) mass is 319 g/mol. The molecule has 128 valence electrons. The van der Waals surface area contributed by atoms with Crippen LogP contribution < -0.4 is 10.2 Å². The molecule has 0 unspecified atom stereocenters. The largest absolute Gasteiger partial charge is 0.351 e. The van der Waals surface area contributed by atoms with Crippen LogP contribution >= 0.6 is 0 Å². The average Bonchev–Trinajstić information content (AvgIpc) is 2.79. The molecule has 2 rings (SSSR count). The first-order valence-electron chi connectivity index (χ1n) is 8.60. The van der Waals surface area contributed by atoms with Crippen molar-refractivity contribution in [2.45, 2.75) is 39.0 Å². The molecule has 1 fully saturated rings. The second-order valence-electron chi connectivity index (χ2n) is 6.51. The van der Waals surface area contributed by atoms with Gasteiger partial charge in [-0.25, -0.2) is 9.97 Å². The molecule has 1 aromatic heterocycles. The third kappa shape index (κ3) is 5.78. The van der Waals surface area contributed by atoms with Crippen molar-refractivity contribution >= 4 is 11.9 Å². The standard InChI is InChI=1S/C17H29N5O/c1-14-13-15(16(23)18-9-8-10-21(2)3)20-17(19-14)22-11-6-4-5-7-12-22/h13H,4-12H2,1-3H3,(H,18,23). The van der Waals surface area contributed by atoms with Crippen LogP contribution in [0.3, 0.4) is 0 Å². The summed E-state index contributed by atoms with van der Waals surface area (Å²) in [5.74, 6) is 0.593. The van der Waals surface area contributed by atoms with Gasteiger partial charge in [-0.15, -0.1) is 0 Å². The van der Waals surface area contributed by atoms with Crippen LogP contribution in [0.1, 0.15) is 48.3 Å². The summed E-state index contributed by atoms with van der Waals surface area (Å²) < 4.78 is 0. The van der Waals surface area contributed by atoms with Crippen molar-refractivity contribution in [1.29, 1.82) is 0 Å². The third-order valence-electron chi connectivity index (χ3n) is 4.03.